The van der Waals surface area contributed by atoms with Crippen molar-refractivity contribution in [1.82, 2.24) is 14.8 Å². The monoisotopic (exact) mass is 328 g/mol. The van der Waals surface area contributed by atoms with Gasteiger partial charge in [-0.3, -0.25) is 9.48 Å². The lowest BCUT2D eigenvalue weighted by molar-refractivity contribution is -0.126. The average molecular weight is 328 g/mol. The summed E-state index contributed by atoms with van der Waals surface area (Å²) < 4.78 is 13.0. The van der Waals surface area contributed by atoms with Crippen LogP contribution in [0.3, 0.4) is 0 Å². The van der Waals surface area contributed by atoms with E-state index in [1.54, 1.807) is 12.4 Å². The molecule has 2 aliphatic heterocycles. The van der Waals surface area contributed by atoms with Crippen LogP contribution in [0.5, 0.6) is 5.75 Å². The van der Waals surface area contributed by atoms with E-state index in [0.717, 1.165) is 37.2 Å². The number of nitrogens with zero attached hydrogens (tertiary/aromatic N) is 3. The second kappa shape index (κ2) is 6.60. The van der Waals surface area contributed by atoms with Crippen molar-refractivity contribution in [2.45, 2.75) is 31.9 Å². The molecule has 4 heterocycles. The molecule has 0 saturated carbocycles. The summed E-state index contributed by atoms with van der Waals surface area (Å²) in [7, 11) is 0. The Bertz CT molecular complexity index is 717. The number of hydrogen-bond acceptors (Lipinski definition) is 5. The highest BCUT2D eigenvalue weighted by Crippen LogP contribution is 2.27. The summed E-state index contributed by atoms with van der Waals surface area (Å²) in [5.74, 6) is 1.34. The van der Waals surface area contributed by atoms with Gasteiger partial charge in [0.15, 0.2) is 0 Å². The molecule has 2 aliphatic rings. The van der Waals surface area contributed by atoms with Gasteiger partial charge in [-0.15, -0.1) is 0 Å². The maximum Gasteiger partial charge on any atom is 0.255 e. The van der Waals surface area contributed by atoms with E-state index in [1.807, 2.05) is 23.0 Å². The van der Waals surface area contributed by atoms with E-state index in [0.29, 0.717) is 19.0 Å². The van der Waals surface area contributed by atoms with E-state index in [2.05, 4.69) is 15.4 Å². The number of amides is 1. The number of aromatic nitrogens is 3. The van der Waals surface area contributed by atoms with Crippen molar-refractivity contribution in [3.05, 3.63) is 36.3 Å². The first kappa shape index (κ1) is 15.1. The number of pyridine rings is 1. The van der Waals surface area contributed by atoms with Crippen LogP contribution < -0.4 is 10.1 Å². The van der Waals surface area contributed by atoms with Crippen LogP contribution in [0.1, 0.15) is 18.4 Å². The minimum atomic E-state index is -0.469. The highest BCUT2D eigenvalue weighted by Gasteiger charge is 2.34. The first-order valence-corrected chi connectivity index (χ1v) is 8.31. The topological polar surface area (TPSA) is 78.3 Å². The molecule has 2 aromatic rings. The number of fused-ring (bicyclic) bond motifs is 1. The molecule has 7 heteroatoms. The van der Waals surface area contributed by atoms with Crippen LogP contribution in [-0.4, -0.2) is 40.0 Å². The summed E-state index contributed by atoms with van der Waals surface area (Å²) in [6.07, 6.45) is 7.64. The molecule has 0 unspecified atom stereocenters. The fraction of sp³-hybridized carbons (Fsp3) is 0.471. The molecule has 0 radical (unpaired) electrons. The van der Waals surface area contributed by atoms with Crippen LogP contribution in [0.25, 0.3) is 0 Å². The van der Waals surface area contributed by atoms with Crippen molar-refractivity contribution < 1.29 is 14.3 Å². The number of anilines is 1. The van der Waals surface area contributed by atoms with Gasteiger partial charge >= 0.3 is 0 Å². The number of rotatable bonds is 4. The highest BCUT2D eigenvalue weighted by molar-refractivity contribution is 5.93. The molecule has 2 atom stereocenters. The van der Waals surface area contributed by atoms with Crippen LogP contribution in [0, 0.1) is 5.92 Å². The third kappa shape index (κ3) is 3.12. The zero-order valence-corrected chi connectivity index (χ0v) is 13.4. The molecule has 1 amide bonds. The minimum absolute atomic E-state index is 0.117. The Labute approximate surface area is 140 Å². The maximum absolute atomic E-state index is 12.6. The van der Waals surface area contributed by atoms with Gasteiger partial charge in [0.25, 0.3) is 5.91 Å². The van der Waals surface area contributed by atoms with Gasteiger partial charge < -0.3 is 14.8 Å². The third-order valence-corrected chi connectivity index (χ3v) is 4.50. The Morgan fingerprint density at radius 1 is 1.42 bits per heavy atom. The van der Waals surface area contributed by atoms with E-state index in [4.69, 9.17) is 9.47 Å². The van der Waals surface area contributed by atoms with Gasteiger partial charge in [-0.25, -0.2) is 4.98 Å². The number of aryl methyl sites for hydroxylation is 1. The lowest BCUT2D eigenvalue weighted by Gasteiger charge is -2.20. The Kier molecular flexibility index (Phi) is 4.17. The molecule has 0 bridgehead atoms. The Morgan fingerprint density at radius 3 is 3.25 bits per heavy atom. The number of ether oxygens (including phenoxy) is 2. The summed E-state index contributed by atoms with van der Waals surface area (Å²) in [5, 5.41) is 7.09. The lowest BCUT2D eigenvalue weighted by atomic mass is 10.0. The normalized spacial score (nSPS) is 22.7. The molecular weight excluding hydrogens is 308 g/mol. The quantitative estimate of drug-likeness (QED) is 0.923. The first-order chi connectivity index (χ1) is 11.8. The van der Waals surface area contributed by atoms with Crippen LogP contribution >= 0.6 is 0 Å². The van der Waals surface area contributed by atoms with E-state index < -0.39 is 6.10 Å². The molecule has 7 nitrogen and oxygen atoms in total. The second-order valence-corrected chi connectivity index (χ2v) is 6.19. The summed E-state index contributed by atoms with van der Waals surface area (Å²) >= 11 is 0. The molecule has 2 aromatic heterocycles. The zero-order valence-electron chi connectivity index (χ0n) is 13.4. The molecule has 0 spiro atoms. The van der Waals surface area contributed by atoms with Crippen molar-refractivity contribution in [3.8, 4) is 5.75 Å². The smallest absolute Gasteiger partial charge is 0.255 e. The number of carbonyl (C=O) groups excluding carboxylic acids is 1. The standard InChI is InChI=1S/C17H20N4O3/c22-17(16-13(4-8-24-16)11-21-6-2-5-19-21)20-15-9-12-3-1-7-23-14(12)10-18-15/h2,5-6,9-10,13,16H,1,3-4,7-8,11H2,(H,18,20,22)/t13-,16-/m1/s1. The molecular formula is C17H20N4O3. The molecule has 24 heavy (non-hydrogen) atoms. The predicted octanol–water partition coefficient (Wildman–Crippen LogP) is 1.65. The summed E-state index contributed by atoms with van der Waals surface area (Å²) in [6, 6.07) is 3.77. The van der Waals surface area contributed by atoms with E-state index in [1.165, 1.54) is 0 Å². The van der Waals surface area contributed by atoms with Crippen molar-refractivity contribution in [2.24, 2.45) is 5.92 Å². The van der Waals surface area contributed by atoms with Crippen LogP contribution in [0.15, 0.2) is 30.7 Å². The molecule has 126 valence electrons. The maximum atomic E-state index is 12.6. The van der Waals surface area contributed by atoms with Gasteiger partial charge in [0.2, 0.25) is 0 Å². The summed E-state index contributed by atoms with van der Waals surface area (Å²) in [4.78, 5) is 16.9. The summed E-state index contributed by atoms with van der Waals surface area (Å²) in [5.41, 5.74) is 1.09. The van der Waals surface area contributed by atoms with Gasteiger partial charge in [-0.05, 0) is 37.0 Å². The Morgan fingerprint density at radius 2 is 2.38 bits per heavy atom. The predicted molar refractivity (Wildman–Crippen MR) is 86.8 cm³/mol. The van der Waals surface area contributed by atoms with Crippen molar-refractivity contribution >= 4 is 11.7 Å². The average Bonchev–Trinajstić information content (AvgIpc) is 3.27. The molecule has 1 fully saturated rings. The Balaban J connectivity index is 1.43. The van der Waals surface area contributed by atoms with E-state index >= 15 is 0 Å². The van der Waals surface area contributed by atoms with Crippen molar-refractivity contribution in [2.75, 3.05) is 18.5 Å². The van der Waals surface area contributed by atoms with Gasteiger partial charge in [0, 0.05) is 31.5 Å². The highest BCUT2D eigenvalue weighted by atomic mass is 16.5. The molecule has 0 aliphatic carbocycles. The zero-order chi connectivity index (χ0) is 16.4. The fourth-order valence-electron chi connectivity index (χ4n) is 3.28. The number of carbonyl (C=O) groups is 1. The van der Waals surface area contributed by atoms with Gasteiger partial charge in [-0.1, -0.05) is 0 Å². The molecule has 1 saturated heterocycles. The van der Waals surface area contributed by atoms with Gasteiger partial charge in [-0.2, -0.15) is 5.10 Å². The van der Waals surface area contributed by atoms with Crippen molar-refractivity contribution in [1.29, 1.82) is 0 Å². The van der Waals surface area contributed by atoms with Crippen LogP contribution in [0.4, 0.5) is 5.82 Å². The van der Waals surface area contributed by atoms with E-state index in [-0.39, 0.29) is 11.8 Å². The van der Waals surface area contributed by atoms with Crippen LogP contribution in [0.2, 0.25) is 0 Å². The molecule has 4 rings (SSSR count). The third-order valence-electron chi connectivity index (χ3n) is 4.50. The number of hydrogen-bond donors (Lipinski definition) is 1. The van der Waals surface area contributed by atoms with Gasteiger partial charge in [0.1, 0.15) is 17.7 Å². The van der Waals surface area contributed by atoms with Gasteiger partial charge in [0.05, 0.1) is 12.8 Å². The largest absolute Gasteiger partial charge is 0.492 e. The fourth-order valence-corrected chi connectivity index (χ4v) is 3.28. The molecule has 0 aromatic carbocycles. The minimum Gasteiger partial charge on any atom is -0.492 e. The second-order valence-electron chi connectivity index (χ2n) is 6.19. The lowest BCUT2D eigenvalue weighted by Crippen LogP contribution is -2.34. The summed E-state index contributed by atoms with van der Waals surface area (Å²) in [6.45, 7) is 2.00. The first-order valence-electron chi connectivity index (χ1n) is 8.31. The van der Waals surface area contributed by atoms with Crippen LogP contribution in [-0.2, 0) is 22.5 Å². The SMILES string of the molecule is O=C(Nc1cc2c(cn1)OCCC2)[C@@H]1OCC[C@@H]1Cn1cccn1. The van der Waals surface area contributed by atoms with E-state index in [9.17, 15) is 4.79 Å². The molecule has 1 N–H and O–H groups in total. The number of nitrogens with one attached hydrogen (secondary N) is 1. The Hall–Kier alpha value is -2.41. The van der Waals surface area contributed by atoms with Crippen molar-refractivity contribution in [3.63, 3.8) is 0 Å².